The number of hydrogen-bond acceptors (Lipinski definition) is 4. The van der Waals surface area contributed by atoms with Crippen molar-refractivity contribution in [1.29, 1.82) is 0 Å². The van der Waals surface area contributed by atoms with E-state index in [0.717, 1.165) is 19.8 Å². The van der Waals surface area contributed by atoms with Crippen LogP contribution in [-0.2, 0) is 9.59 Å². The second kappa shape index (κ2) is 6.58. The van der Waals surface area contributed by atoms with Crippen LogP contribution >= 0.6 is 39.5 Å². The SMILES string of the molecule is Cc1ccc(N2C(=O)/C(=C/c3ccc(Br)s3)C(=O)NC2=S)c(C)c1. The van der Waals surface area contributed by atoms with Crippen LogP contribution in [0.25, 0.3) is 6.08 Å². The number of thiophene rings is 1. The van der Waals surface area contributed by atoms with Gasteiger partial charge in [0.2, 0.25) is 0 Å². The minimum absolute atomic E-state index is 0.0675. The molecule has 0 radical (unpaired) electrons. The Morgan fingerprint density at radius 2 is 1.96 bits per heavy atom. The lowest BCUT2D eigenvalue weighted by Crippen LogP contribution is -2.54. The molecule has 1 aliphatic rings. The van der Waals surface area contributed by atoms with Crippen molar-refractivity contribution in [2.24, 2.45) is 0 Å². The fourth-order valence-corrected chi connectivity index (χ4v) is 4.12. The lowest BCUT2D eigenvalue weighted by Gasteiger charge is -2.30. The standard InChI is InChI=1S/C17H13BrN2O2S2/c1-9-3-5-13(10(2)7-9)20-16(22)12(15(21)19-17(20)23)8-11-4-6-14(18)24-11/h3-8H,1-2H3,(H,19,21,23)/b12-8+. The zero-order valence-corrected chi connectivity index (χ0v) is 16.1. The number of amides is 2. The smallest absolute Gasteiger partial charge is 0.270 e. The Balaban J connectivity index is 2.04. The van der Waals surface area contributed by atoms with E-state index >= 15 is 0 Å². The first-order chi connectivity index (χ1) is 11.4. The number of hydrogen-bond donors (Lipinski definition) is 1. The van der Waals surface area contributed by atoms with E-state index in [4.69, 9.17) is 12.2 Å². The van der Waals surface area contributed by atoms with Crippen LogP contribution in [-0.4, -0.2) is 16.9 Å². The van der Waals surface area contributed by atoms with Crippen molar-refractivity contribution < 1.29 is 9.59 Å². The van der Waals surface area contributed by atoms with Gasteiger partial charge in [0.1, 0.15) is 5.57 Å². The average molecular weight is 421 g/mol. The predicted molar refractivity (Wildman–Crippen MR) is 104 cm³/mol. The number of nitrogens with one attached hydrogen (secondary N) is 1. The third-order valence-electron chi connectivity index (χ3n) is 3.58. The predicted octanol–water partition coefficient (Wildman–Crippen LogP) is 3.96. The third kappa shape index (κ3) is 3.19. The van der Waals surface area contributed by atoms with E-state index in [1.807, 2.05) is 44.2 Å². The normalized spacial score (nSPS) is 16.7. The summed E-state index contributed by atoms with van der Waals surface area (Å²) in [6.07, 6.45) is 1.59. The highest BCUT2D eigenvalue weighted by Gasteiger charge is 2.35. The molecule has 1 aliphatic heterocycles. The zero-order chi connectivity index (χ0) is 17.4. The highest BCUT2D eigenvalue weighted by molar-refractivity contribution is 9.11. The van der Waals surface area contributed by atoms with Gasteiger partial charge in [-0.15, -0.1) is 11.3 Å². The van der Waals surface area contributed by atoms with Gasteiger partial charge in [-0.3, -0.25) is 19.8 Å². The zero-order valence-electron chi connectivity index (χ0n) is 12.9. The van der Waals surface area contributed by atoms with Crippen LogP contribution in [0.5, 0.6) is 0 Å². The number of nitrogens with zero attached hydrogens (tertiary/aromatic N) is 1. The molecule has 2 aromatic rings. The van der Waals surface area contributed by atoms with Crippen molar-refractivity contribution in [3.8, 4) is 0 Å². The molecular weight excluding hydrogens is 408 g/mol. The van der Waals surface area contributed by atoms with Crippen molar-refractivity contribution in [3.05, 3.63) is 55.7 Å². The molecule has 24 heavy (non-hydrogen) atoms. The third-order valence-corrected chi connectivity index (χ3v) is 5.43. The lowest BCUT2D eigenvalue weighted by molar-refractivity contribution is -0.122. The van der Waals surface area contributed by atoms with Gasteiger partial charge >= 0.3 is 0 Å². The second-order valence-electron chi connectivity index (χ2n) is 5.39. The van der Waals surface area contributed by atoms with Crippen LogP contribution in [0.4, 0.5) is 5.69 Å². The molecule has 0 unspecified atom stereocenters. The van der Waals surface area contributed by atoms with Crippen LogP contribution in [0.15, 0.2) is 39.7 Å². The summed E-state index contributed by atoms with van der Waals surface area (Å²) in [5, 5.41) is 2.70. The van der Waals surface area contributed by atoms with Crippen molar-refractivity contribution in [1.82, 2.24) is 5.32 Å². The van der Waals surface area contributed by atoms with E-state index in [1.54, 1.807) is 6.08 Å². The summed E-state index contributed by atoms with van der Waals surface area (Å²) in [6, 6.07) is 9.44. The minimum atomic E-state index is -0.476. The van der Waals surface area contributed by atoms with Crippen molar-refractivity contribution in [2.75, 3.05) is 4.90 Å². The molecule has 0 aliphatic carbocycles. The second-order valence-corrected chi connectivity index (χ2v) is 8.27. The summed E-state index contributed by atoms with van der Waals surface area (Å²) in [7, 11) is 0. The summed E-state index contributed by atoms with van der Waals surface area (Å²) < 4.78 is 0.930. The molecule has 0 spiro atoms. The summed E-state index contributed by atoms with van der Waals surface area (Å²) in [4.78, 5) is 27.3. The molecular formula is C17H13BrN2O2S2. The molecule has 1 N–H and O–H groups in total. The number of aryl methyl sites for hydroxylation is 2. The maximum atomic E-state index is 12.9. The van der Waals surface area contributed by atoms with E-state index in [0.29, 0.717) is 5.69 Å². The quantitative estimate of drug-likeness (QED) is 0.454. The fourth-order valence-electron chi connectivity index (χ4n) is 2.48. The molecule has 0 bridgehead atoms. The molecule has 1 fully saturated rings. The van der Waals surface area contributed by atoms with Gasteiger partial charge in [-0.1, -0.05) is 17.7 Å². The maximum Gasteiger partial charge on any atom is 0.270 e. The van der Waals surface area contributed by atoms with Crippen LogP contribution in [0.3, 0.4) is 0 Å². The summed E-state index contributed by atoms with van der Waals surface area (Å²) >= 11 is 10.0. The topological polar surface area (TPSA) is 49.4 Å². The van der Waals surface area contributed by atoms with Crippen LogP contribution in [0.1, 0.15) is 16.0 Å². The summed E-state index contributed by atoms with van der Waals surface area (Å²) in [5.41, 5.74) is 2.75. The molecule has 1 saturated heterocycles. The highest BCUT2D eigenvalue weighted by atomic mass is 79.9. The number of benzene rings is 1. The van der Waals surface area contributed by atoms with Gasteiger partial charge in [0.15, 0.2) is 5.11 Å². The van der Waals surface area contributed by atoms with Crippen LogP contribution in [0.2, 0.25) is 0 Å². The Hall–Kier alpha value is -1.83. The van der Waals surface area contributed by atoms with Gasteiger partial charge in [0.05, 0.1) is 9.47 Å². The monoisotopic (exact) mass is 420 g/mol. The number of thiocarbonyl (C=S) groups is 1. The molecule has 122 valence electrons. The Labute approximate surface area is 157 Å². The first-order valence-electron chi connectivity index (χ1n) is 7.11. The van der Waals surface area contributed by atoms with E-state index in [1.165, 1.54) is 16.2 Å². The average Bonchev–Trinajstić information content (AvgIpc) is 2.91. The van der Waals surface area contributed by atoms with E-state index < -0.39 is 11.8 Å². The molecule has 1 aromatic carbocycles. The van der Waals surface area contributed by atoms with Gasteiger partial charge in [-0.2, -0.15) is 0 Å². The highest BCUT2D eigenvalue weighted by Crippen LogP contribution is 2.28. The van der Waals surface area contributed by atoms with Gasteiger partial charge < -0.3 is 0 Å². The summed E-state index contributed by atoms with van der Waals surface area (Å²) in [5.74, 6) is -0.893. The first-order valence-corrected chi connectivity index (χ1v) is 9.12. The van der Waals surface area contributed by atoms with Gasteiger partial charge in [0.25, 0.3) is 11.8 Å². The molecule has 2 amide bonds. The number of carbonyl (C=O) groups is 2. The minimum Gasteiger partial charge on any atom is -0.298 e. The van der Waals surface area contributed by atoms with E-state index in [9.17, 15) is 9.59 Å². The van der Waals surface area contributed by atoms with Crippen LogP contribution < -0.4 is 10.2 Å². The van der Waals surface area contributed by atoms with Crippen molar-refractivity contribution in [3.63, 3.8) is 0 Å². The number of carbonyl (C=O) groups excluding carboxylic acids is 2. The lowest BCUT2D eigenvalue weighted by atomic mass is 10.1. The molecule has 0 atom stereocenters. The van der Waals surface area contributed by atoms with Gasteiger partial charge in [-0.25, -0.2) is 0 Å². The van der Waals surface area contributed by atoms with Gasteiger partial charge in [-0.05, 0) is 71.8 Å². The summed E-state index contributed by atoms with van der Waals surface area (Å²) in [6.45, 7) is 3.89. The number of anilines is 1. The maximum absolute atomic E-state index is 12.9. The Kier molecular flexibility index (Phi) is 4.67. The Morgan fingerprint density at radius 3 is 2.58 bits per heavy atom. The molecule has 7 heteroatoms. The van der Waals surface area contributed by atoms with E-state index in [2.05, 4.69) is 21.2 Å². The molecule has 4 nitrogen and oxygen atoms in total. The molecule has 0 saturated carbocycles. The first kappa shape index (κ1) is 17.0. The fraction of sp³-hybridized carbons (Fsp3) is 0.118. The molecule has 3 rings (SSSR count). The van der Waals surface area contributed by atoms with Crippen LogP contribution in [0, 0.1) is 13.8 Å². The molecule has 2 heterocycles. The number of halogens is 1. The largest absolute Gasteiger partial charge is 0.298 e. The molecule has 1 aromatic heterocycles. The Bertz CT molecular complexity index is 902. The van der Waals surface area contributed by atoms with Gasteiger partial charge in [0, 0.05) is 4.88 Å². The number of rotatable bonds is 2. The van der Waals surface area contributed by atoms with Crippen molar-refractivity contribution >= 4 is 68.2 Å². The van der Waals surface area contributed by atoms with Crippen molar-refractivity contribution in [2.45, 2.75) is 13.8 Å². The van der Waals surface area contributed by atoms with E-state index in [-0.39, 0.29) is 10.7 Å². The Morgan fingerprint density at radius 1 is 1.21 bits per heavy atom.